The minimum atomic E-state index is 0.0523. The lowest BCUT2D eigenvalue weighted by molar-refractivity contribution is 0.0683. The van der Waals surface area contributed by atoms with Crippen molar-refractivity contribution >= 4 is 11.7 Å². The zero-order chi connectivity index (χ0) is 13.9. The van der Waals surface area contributed by atoms with Crippen molar-refractivity contribution in [1.29, 1.82) is 0 Å². The molecule has 1 amide bonds. The number of hydrazine groups is 1. The number of hydrogen-bond acceptors (Lipinski definition) is 4. The van der Waals surface area contributed by atoms with Gasteiger partial charge >= 0.3 is 0 Å². The first kappa shape index (κ1) is 13.4. The molecule has 1 atom stereocenters. The average Bonchev–Trinajstić information content (AvgIpc) is 3.16. The molecule has 1 aromatic heterocycles. The van der Waals surface area contributed by atoms with Crippen LogP contribution < -0.4 is 11.3 Å². The number of pyridine rings is 1. The number of nitrogens with two attached hydrogens (primary N) is 1. The Kier molecular flexibility index (Phi) is 3.87. The van der Waals surface area contributed by atoms with Crippen LogP contribution in [0.3, 0.4) is 0 Å². The summed E-state index contributed by atoms with van der Waals surface area (Å²) in [6.45, 7) is 0.863. The van der Waals surface area contributed by atoms with E-state index >= 15 is 0 Å². The molecular formula is C15H22N4O. The molecule has 2 fully saturated rings. The van der Waals surface area contributed by atoms with Crippen molar-refractivity contribution in [3.05, 3.63) is 23.9 Å². The lowest BCUT2D eigenvalue weighted by Gasteiger charge is -2.29. The van der Waals surface area contributed by atoms with Crippen molar-refractivity contribution in [2.75, 3.05) is 12.0 Å². The number of rotatable bonds is 3. The summed E-state index contributed by atoms with van der Waals surface area (Å²) < 4.78 is 0. The van der Waals surface area contributed by atoms with Gasteiger partial charge in [-0.05, 0) is 43.7 Å². The summed E-state index contributed by atoms with van der Waals surface area (Å²) >= 11 is 0. The van der Waals surface area contributed by atoms with Gasteiger partial charge in [0.1, 0.15) is 11.5 Å². The van der Waals surface area contributed by atoms with Crippen LogP contribution >= 0.6 is 0 Å². The average molecular weight is 274 g/mol. The third-order valence-corrected chi connectivity index (χ3v) is 4.62. The summed E-state index contributed by atoms with van der Waals surface area (Å²) in [5, 5.41) is 0. The molecule has 5 heteroatoms. The van der Waals surface area contributed by atoms with E-state index in [4.69, 9.17) is 5.84 Å². The van der Waals surface area contributed by atoms with Gasteiger partial charge in [-0.25, -0.2) is 10.8 Å². The van der Waals surface area contributed by atoms with E-state index in [1.807, 2.05) is 11.0 Å². The summed E-state index contributed by atoms with van der Waals surface area (Å²) in [7, 11) is 0. The van der Waals surface area contributed by atoms with E-state index in [1.54, 1.807) is 12.1 Å². The number of nitrogen functional groups attached to an aromatic ring is 1. The fourth-order valence-corrected chi connectivity index (χ4v) is 3.66. The molecule has 0 aromatic carbocycles. The van der Waals surface area contributed by atoms with Gasteiger partial charge in [0, 0.05) is 12.6 Å². The lowest BCUT2D eigenvalue weighted by Crippen LogP contribution is -2.39. The van der Waals surface area contributed by atoms with Gasteiger partial charge in [0.25, 0.3) is 5.91 Å². The van der Waals surface area contributed by atoms with Gasteiger partial charge in [0.05, 0.1) is 0 Å². The van der Waals surface area contributed by atoms with E-state index in [9.17, 15) is 4.79 Å². The summed E-state index contributed by atoms with van der Waals surface area (Å²) in [6.07, 6.45) is 7.42. The van der Waals surface area contributed by atoms with Crippen LogP contribution in [0.2, 0.25) is 0 Å². The Balaban J connectivity index is 1.77. The molecule has 3 N–H and O–H groups in total. The quantitative estimate of drug-likeness (QED) is 0.654. The Morgan fingerprint density at radius 3 is 2.80 bits per heavy atom. The highest BCUT2D eigenvalue weighted by atomic mass is 16.2. The largest absolute Gasteiger partial charge is 0.334 e. The van der Waals surface area contributed by atoms with E-state index in [1.165, 1.54) is 25.7 Å². The first-order chi connectivity index (χ1) is 9.79. The number of hydrogen-bond donors (Lipinski definition) is 2. The zero-order valence-corrected chi connectivity index (χ0v) is 11.7. The molecule has 0 bridgehead atoms. The van der Waals surface area contributed by atoms with Gasteiger partial charge in [-0.1, -0.05) is 18.9 Å². The molecule has 0 radical (unpaired) electrons. The molecule has 1 aliphatic heterocycles. The van der Waals surface area contributed by atoms with E-state index in [2.05, 4.69) is 10.4 Å². The molecular weight excluding hydrogens is 252 g/mol. The predicted molar refractivity (Wildman–Crippen MR) is 78.1 cm³/mol. The van der Waals surface area contributed by atoms with Gasteiger partial charge in [-0.15, -0.1) is 0 Å². The van der Waals surface area contributed by atoms with Gasteiger partial charge in [0.15, 0.2) is 0 Å². The smallest absolute Gasteiger partial charge is 0.272 e. The molecule has 1 aliphatic carbocycles. The van der Waals surface area contributed by atoms with Crippen LogP contribution in [0, 0.1) is 5.92 Å². The van der Waals surface area contributed by atoms with Crippen molar-refractivity contribution in [1.82, 2.24) is 9.88 Å². The highest BCUT2D eigenvalue weighted by Crippen LogP contribution is 2.35. The molecule has 1 unspecified atom stereocenters. The molecule has 108 valence electrons. The van der Waals surface area contributed by atoms with Crippen molar-refractivity contribution < 1.29 is 4.79 Å². The summed E-state index contributed by atoms with van der Waals surface area (Å²) in [5.41, 5.74) is 2.99. The maximum atomic E-state index is 12.7. The van der Waals surface area contributed by atoms with Gasteiger partial charge in [-0.3, -0.25) is 4.79 Å². The van der Waals surface area contributed by atoms with Crippen LogP contribution in [-0.4, -0.2) is 28.4 Å². The molecule has 1 saturated carbocycles. The molecule has 3 rings (SSSR count). The molecule has 2 heterocycles. The second kappa shape index (κ2) is 5.79. The van der Waals surface area contributed by atoms with Crippen LogP contribution in [0.1, 0.15) is 49.0 Å². The Labute approximate surface area is 119 Å². The minimum Gasteiger partial charge on any atom is -0.334 e. The maximum Gasteiger partial charge on any atom is 0.272 e. The highest BCUT2D eigenvalue weighted by molar-refractivity contribution is 5.93. The van der Waals surface area contributed by atoms with Crippen molar-refractivity contribution in [3.63, 3.8) is 0 Å². The van der Waals surface area contributed by atoms with E-state index < -0.39 is 0 Å². The first-order valence-corrected chi connectivity index (χ1v) is 7.54. The number of aromatic nitrogens is 1. The SMILES string of the molecule is NNc1cccc(C(=O)N2CCCC2C2CCCC2)n1. The number of amides is 1. The Hall–Kier alpha value is -1.62. The fourth-order valence-electron chi connectivity index (χ4n) is 3.66. The number of carbonyl (C=O) groups excluding carboxylic acids is 1. The van der Waals surface area contributed by atoms with Crippen molar-refractivity contribution in [2.24, 2.45) is 11.8 Å². The highest BCUT2D eigenvalue weighted by Gasteiger charge is 2.36. The molecule has 5 nitrogen and oxygen atoms in total. The molecule has 0 spiro atoms. The third-order valence-electron chi connectivity index (χ3n) is 4.62. The molecule has 1 aromatic rings. The van der Waals surface area contributed by atoms with E-state index in [0.717, 1.165) is 19.4 Å². The monoisotopic (exact) mass is 274 g/mol. The van der Waals surface area contributed by atoms with Crippen LogP contribution in [0.25, 0.3) is 0 Å². The fraction of sp³-hybridized carbons (Fsp3) is 0.600. The molecule has 20 heavy (non-hydrogen) atoms. The standard InChI is InChI=1S/C15H22N4O/c16-18-14-9-3-7-12(17-14)15(20)19-10-4-8-13(19)11-5-1-2-6-11/h3,7,9,11,13H,1-2,4-6,8,10,16H2,(H,17,18). The normalized spacial score (nSPS) is 23.2. The molecule has 1 saturated heterocycles. The Morgan fingerprint density at radius 1 is 1.25 bits per heavy atom. The Morgan fingerprint density at radius 2 is 2.05 bits per heavy atom. The number of anilines is 1. The summed E-state index contributed by atoms with van der Waals surface area (Å²) in [4.78, 5) is 19.0. The number of likely N-dealkylation sites (tertiary alicyclic amines) is 1. The van der Waals surface area contributed by atoms with Crippen LogP contribution in [-0.2, 0) is 0 Å². The predicted octanol–water partition coefficient (Wildman–Crippen LogP) is 2.16. The van der Waals surface area contributed by atoms with Crippen LogP contribution in [0.15, 0.2) is 18.2 Å². The van der Waals surface area contributed by atoms with Crippen LogP contribution in [0.4, 0.5) is 5.82 Å². The second-order valence-corrected chi connectivity index (χ2v) is 5.81. The van der Waals surface area contributed by atoms with E-state index in [0.29, 0.717) is 23.5 Å². The van der Waals surface area contributed by atoms with Crippen molar-refractivity contribution in [3.8, 4) is 0 Å². The Bertz CT molecular complexity index is 485. The minimum absolute atomic E-state index is 0.0523. The summed E-state index contributed by atoms with van der Waals surface area (Å²) in [5.74, 6) is 6.64. The third kappa shape index (κ3) is 2.50. The van der Waals surface area contributed by atoms with Crippen LogP contribution in [0.5, 0.6) is 0 Å². The number of nitrogens with one attached hydrogen (secondary N) is 1. The first-order valence-electron chi connectivity index (χ1n) is 7.54. The second-order valence-electron chi connectivity index (χ2n) is 5.81. The lowest BCUT2D eigenvalue weighted by atomic mass is 9.96. The maximum absolute atomic E-state index is 12.7. The zero-order valence-electron chi connectivity index (χ0n) is 11.7. The molecule has 2 aliphatic rings. The van der Waals surface area contributed by atoms with Gasteiger partial charge in [0.2, 0.25) is 0 Å². The number of nitrogens with zero attached hydrogens (tertiary/aromatic N) is 2. The van der Waals surface area contributed by atoms with E-state index in [-0.39, 0.29) is 5.91 Å². The van der Waals surface area contributed by atoms with Gasteiger partial charge in [-0.2, -0.15) is 0 Å². The topological polar surface area (TPSA) is 71.2 Å². The summed E-state index contributed by atoms with van der Waals surface area (Å²) in [6, 6.07) is 5.76. The number of carbonyl (C=O) groups is 1. The van der Waals surface area contributed by atoms with Gasteiger partial charge < -0.3 is 10.3 Å². The van der Waals surface area contributed by atoms with Crippen molar-refractivity contribution in [2.45, 2.75) is 44.6 Å².